The number of ether oxygens (including phenoxy) is 3. The second-order valence-electron chi connectivity index (χ2n) is 7.17. The topological polar surface area (TPSA) is 88.7 Å². The van der Waals surface area contributed by atoms with Crippen molar-refractivity contribution in [3.8, 4) is 11.5 Å². The molecule has 1 aliphatic heterocycles. The molecule has 0 atom stereocenters. The second kappa shape index (κ2) is 8.08. The van der Waals surface area contributed by atoms with E-state index in [1.165, 1.54) is 6.07 Å². The third-order valence-corrected chi connectivity index (χ3v) is 5.16. The molecule has 156 valence electrons. The predicted molar refractivity (Wildman–Crippen MR) is 113 cm³/mol. The molecular formula is C23H19N3O5. The van der Waals surface area contributed by atoms with Crippen molar-refractivity contribution in [2.75, 3.05) is 6.79 Å². The maximum Gasteiger partial charge on any atom is 0.270 e. The Balaban J connectivity index is 1.56. The number of imidazole rings is 1. The molecule has 0 N–H and O–H groups in total. The molecule has 0 amide bonds. The Morgan fingerprint density at radius 2 is 1.90 bits per heavy atom. The van der Waals surface area contributed by atoms with E-state index in [-0.39, 0.29) is 25.7 Å². The lowest BCUT2D eigenvalue weighted by Gasteiger charge is -2.21. The molecule has 8 nitrogen and oxygen atoms in total. The minimum atomic E-state index is -0.399. The Bertz CT molecular complexity index is 1250. The maximum atomic E-state index is 11.5. The molecule has 31 heavy (non-hydrogen) atoms. The standard InChI is InChI=1S/C23H19N3O5/c27-26(28)18-10-16(23-17(11-18)13-29-15-31-23)12-25-21-9-5-4-8-20(21)24-22(25)14-30-19-6-2-1-3-7-19/h1-11H,12-15H2. The van der Waals surface area contributed by atoms with E-state index in [1.807, 2.05) is 59.2 Å². The number of aromatic nitrogens is 2. The molecule has 0 bridgehead atoms. The van der Waals surface area contributed by atoms with Gasteiger partial charge in [0.15, 0.2) is 6.79 Å². The molecule has 1 aromatic heterocycles. The van der Waals surface area contributed by atoms with Crippen LogP contribution in [0.5, 0.6) is 11.5 Å². The van der Waals surface area contributed by atoms with Crippen molar-refractivity contribution in [2.24, 2.45) is 0 Å². The minimum absolute atomic E-state index is 0.00866. The average Bonchev–Trinajstić information content (AvgIpc) is 3.15. The van der Waals surface area contributed by atoms with E-state index < -0.39 is 4.92 Å². The van der Waals surface area contributed by atoms with E-state index in [4.69, 9.17) is 19.2 Å². The second-order valence-corrected chi connectivity index (χ2v) is 7.17. The van der Waals surface area contributed by atoms with Crippen molar-refractivity contribution in [1.82, 2.24) is 9.55 Å². The van der Waals surface area contributed by atoms with Gasteiger partial charge in [-0.15, -0.1) is 0 Å². The van der Waals surface area contributed by atoms with Gasteiger partial charge in [-0.05, 0) is 24.3 Å². The lowest BCUT2D eigenvalue weighted by Crippen LogP contribution is -2.16. The smallest absolute Gasteiger partial charge is 0.270 e. The van der Waals surface area contributed by atoms with Gasteiger partial charge in [0.25, 0.3) is 5.69 Å². The van der Waals surface area contributed by atoms with Crippen LogP contribution in [-0.4, -0.2) is 21.3 Å². The Hall–Kier alpha value is -3.91. The predicted octanol–water partition coefficient (Wildman–Crippen LogP) is 4.44. The fourth-order valence-corrected chi connectivity index (χ4v) is 3.75. The average molecular weight is 417 g/mol. The van der Waals surface area contributed by atoms with Gasteiger partial charge < -0.3 is 18.8 Å². The highest BCUT2D eigenvalue weighted by atomic mass is 16.7. The Morgan fingerprint density at radius 1 is 1.10 bits per heavy atom. The van der Waals surface area contributed by atoms with E-state index in [0.717, 1.165) is 22.6 Å². The van der Waals surface area contributed by atoms with Crippen molar-refractivity contribution >= 4 is 16.7 Å². The number of non-ortho nitro benzene ring substituents is 1. The van der Waals surface area contributed by atoms with Crippen LogP contribution in [0.2, 0.25) is 0 Å². The highest BCUT2D eigenvalue weighted by Gasteiger charge is 2.22. The summed E-state index contributed by atoms with van der Waals surface area (Å²) >= 11 is 0. The highest BCUT2D eigenvalue weighted by Crippen LogP contribution is 2.34. The van der Waals surface area contributed by atoms with E-state index in [1.54, 1.807) is 6.07 Å². The largest absolute Gasteiger partial charge is 0.486 e. The van der Waals surface area contributed by atoms with Crippen molar-refractivity contribution in [3.63, 3.8) is 0 Å². The molecule has 3 aromatic carbocycles. The first-order valence-electron chi connectivity index (χ1n) is 9.82. The number of rotatable bonds is 6. The van der Waals surface area contributed by atoms with Gasteiger partial charge in [0.1, 0.15) is 23.9 Å². The lowest BCUT2D eigenvalue weighted by atomic mass is 10.1. The quantitative estimate of drug-likeness (QED) is 0.340. The van der Waals surface area contributed by atoms with Crippen LogP contribution in [0.4, 0.5) is 5.69 Å². The van der Waals surface area contributed by atoms with Gasteiger partial charge in [-0.3, -0.25) is 10.1 Å². The molecule has 0 saturated carbocycles. The Kier molecular flexibility index (Phi) is 4.97. The molecule has 4 aromatic rings. The van der Waals surface area contributed by atoms with Gasteiger partial charge in [0, 0.05) is 23.3 Å². The fraction of sp³-hybridized carbons (Fsp3) is 0.174. The van der Waals surface area contributed by atoms with Crippen LogP contribution in [0.1, 0.15) is 17.0 Å². The van der Waals surface area contributed by atoms with Crippen molar-refractivity contribution in [3.05, 3.63) is 93.8 Å². The molecule has 0 saturated heterocycles. The first-order chi connectivity index (χ1) is 15.2. The van der Waals surface area contributed by atoms with Gasteiger partial charge in [-0.25, -0.2) is 4.98 Å². The molecule has 1 aliphatic rings. The molecule has 0 unspecified atom stereocenters. The summed E-state index contributed by atoms with van der Waals surface area (Å²) in [5.41, 5.74) is 3.13. The molecule has 0 aliphatic carbocycles. The first-order valence-corrected chi connectivity index (χ1v) is 9.82. The summed E-state index contributed by atoms with van der Waals surface area (Å²) < 4.78 is 19.0. The summed E-state index contributed by atoms with van der Waals surface area (Å²) in [5.74, 6) is 2.09. The zero-order valence-electron chi connectivity index (χ0n) is 16.6. The molecule has 5 rings (SSSR count). The molecule has 8 heteroatoms. The number of fused-ring (bicyclic) bond motifs is 2. The van der Waals surface area contributed by atoms with Crippen LogP contribution >= 0.6 is 0 Å². The fourth-order valence-electron chi connectivity index (χ4n) is 3.75. The summed E-state index contributed by atoms with van der Waals surface area (Å²) in [6.07, 6.45) is 0. The summed E-state index contributed by atoms with van der Waals surface area (Å²) in [6.45, 7) is 1.02. The number of hydrogen-bond acceptors (Lipinski definition) is 6. The van der Waals surface area contributed by atoms with Crippen LogP contribution in [0, 0.1) is 10.1 Å². The minimum Gasteiger partial charge on any atom is -0.486 e. The lowest BCUT2D eigenvalue weighted by molar-refractivity contribution is -0.385. The van der Waals surface area contributed by atoms with E-state index in [9.17, 15) is 10.1 Å². The van der Waals surface area contributed by atoms with Crippen LogP contribution < -0.4 is 9.47 Å². The van der Waals surface area contributed by atoms with Gasteiger partial charge in [0.2, 0.25) is 0 Å². The third-order valence-electron chi connectivity index (χ3n) is 5.16. The normalized spacial score (nSPS) is 12.9. The summed E-state index contributed by atoms with van der Waals surface area (Å²) in [4.78, 5) is 15.8. The zero-order valence-corrected chi connectivity index (χ0v) is 16.6. The van der Waals surface area contributed by atoms with Crippen molar-refractivity contribution < 1.29 is 19.1 Å². The Morgan fingerprint density at radius 3 is 2.74 bits per heavy atom. The molecule has 2 heterocycles. The number of benzene rings is 3. The Labute approximate surface area is 177 Å². The van der Waals surface area contributed by atoms with Crippen LogP contribution in [0.15, 0.2) is 66.7 Å². The SMILES string of the molecule is O=[N+]([O-])c1cc2c(c(Cn3c(COc4ccccc4)nc4ccccc43)c1)OCOC2. The maximum absolute atomic E-state index is 11.5. The molecule has 0 spiro atoms. The summed E-state index contributed by atoms with van der Waals surface area (Å²) in [5, 5.41) is 11.5. The number of nitrogens with zero attached hydrogens (tertiary/aromatic N) is 3. The van der Waals surface area contributed by atoms with Gasteiger partial charge in [-0.1, -0.05) is 30.3 Å². The van der Waals surface area contributed by atoms with Gasteiger partial charge >= 0.3 is 0 Å². The first kappa shape index (κ1) is 19.1. The monoisotopic (exact) mass is 417 g/mol. The molecular weight excluding hydrogens is 398 g/mol. The van der Waals surface area contributed by atoms with E-state index in [0.29, 0.717) is 23.4 Å². The number of para-hydroxylation sites is 3. The van der Waals surface area contributed by atoms with Crippen molar-refractivity contribution in [2.45, 2.75) is 19.8 Å². The van der Waals surface area contributed by atoms with Crippen LogP contribution in [-0.2, 0) is 24.5 Å². The van der Waals surface area contributed by atoms with E-state index >= 15 is 0 Å². The third kappa shape index (κ3) is 3.80. The zero-order chi connectivity index (χ0) is 21.2. The van der Waals surface area contributed by atoms with Crippen LogP contribution in [0.3, 0.4) is 0 Å². The number of nitro groups is 1. The number of nitro benzene ring substituents is 1. The van der Waals surface area contributed by atoms with Gasteiger partial charge in [-0.2, -0.15) is 0 Å². The molecule has 0 fully saturated rings. The summed E-state index contributed by atoms with van der Waals surface area (Å²) in [6, 6.07) is 20.4. The highest BCUT2D eigenvalue weighted by molar-refractivity contribution is 5.76. The molecule has 0 radical (unpaired) electrons. The van der Waals surface area contributed by atoms with Crippen molar-refractivity contribution in [1.29, 1.82) is 0 Å². The summed E-state index contributed by atoms with van der Waals surface area (Å²) in [7, 11) is 0. The van der Waals surface area contributed by atoms with Gasteiger partial charge in [0.05, 0.1) is 29.1 Å². The van der Waals surface area contributed by atoms with Crippen LogP contribution in [0.25, 0.3) is 11.0 Å². The van der Waals surface area contributed by atoms with E-state index in [2.05, 4.69) is 0 Å². The number of hydrogen-bond donors (Lipinski definition) is 0.